The van der Waals surface area contributed by atoms with E-state index in [1.807, 2.05) is 27.7 Å². The minimum atomic E-state index is -0.823. The predicted octanol–water partition coefficient (Wildman–Crippen LogP) is 4.72. The SMILES string of the molecule is CC(C)(C)OC(=O)NCC(=Cc1cc(F)cc(Cl)c1O)B1OC(C)(C)C(C)(C)O1. The van der Waals surface area contributed by atoms with Gasteiger partial charge < -0.3 is 24.5 Å². The van der Waals surface area contributed by atoms with Crippen molar-refractivity contribution in [1.29, 1.82) is 0 Å². The van der Waals surface area contributed by atoms with E-state index >= 15 is 0 Å². The Morgan fingerprint density at radius 2 is 1.83 bits per heavy atom. The van der Waals surface area contributed by atoms with Gasteiger partial charge in [0.05, 0.1) is 16.2 Å². The highest BCUT2D eigenvalue weighted by Gasteiger charge is 2.52. The maximum absolute atomic E-state index is 13.8. The average molecular weight is 428 g/mol. The summed E-state index contributed by atoms with van der Waals surface area (Å²) in [6, 6.07) is 2.15. The van der Waals surface area contributed by atoms with Crippen LogP contribution in [0.4, 0.5) is 9.18 Å². The number of ether oxygens (including phenoxy) is 1. The van der Waals surface area contributed by atoms with Crippen molar-refractivity contribution < 1.29 is 28.3 Å². The zero-order chi connectivity index (χ0) is 22.2. The highest BCUT2D eigenvalue weighted by Crippen LogP contribution is 2.39. The Balaban J connectivity index is 2.35. The molecule has 0 radical (unpaired) electrons. The summed E-state index contributed by atoms with van der Waals surface area (Å²) in [7, 11) is -0.823. The molecule has 0 saturated carbocycles. The number of carbonyl (C=O) groups is 1. The molecule has 0 aromatic heterocycles. The number of rotatable bonds is 4. The van der Waals surface area contributed by atoms with E-state index in [9.17, 15) is 14.3 Å². The normalized spacial score (nSPS) is 18.7. The van der Waals surface area contributed by atoms with Gasteiger partial charge in [-0.1, -0.05) is 17.7 Å². The van der Waals surface area contributed by atoms with Crippen LogP contribution in [0, 0.1) is 5.82 Å². The number of alkyl carbamates (subject to hydrolysis) is 1. The first-order valence-corrected chi connectivity index (χ1v) is 9.70. The number of hydrogen-bond donors (Lipinski definition) is 2. The molecule has 160 valence electrons. The van der Waals surface area contributed by atoms with Gasteiger partial charge >= 0.3 is 13.2 Å². The molecule has 1 aromatic rings. The van der Waals surface area contributed by atoms with Crippen molar-refractivity contribution in [1.82, 2.24) is 5.32 Å². The summed E-state index contributed by atoms with van der Waals surface area (Å²) >= 11 is 5.88. The van der Waals surface area contributed by atoms with Crippen LogP contribution in [0.25, 0.3) is 6.08 Å². The zero-order valence-corrected chi connectivity index (χ0v) is 18.6. The summed E-state index contributed by atoms with van der Waals surface area (Å²) in [4.78, 5) is 12.1. The lowest BCUT2D eigenvalue weighted by Crippen LogP contribution is -2.41. The highest BCUT2D eigenvalue weighted by molar-refractivity contribution is 6.56. The molecule has 2 rings (SSSR count). The van der Waals surface area contributed by atoms with E-state index in [2.05, 4.69) is 5.32 Å². The van der Waals surface area contributed by atoms with Crippen molar-refractivity contribution in [3.63, 3.8) is 0 Å². The first-order valence-electron chi connectivity index (χ1n) is 9.32. The Bertz CT molecular complexity index is 804. The second kappa shape index (κ2) is 8.16. The van der Waals surface area contributed by atoms with Crippen LogP contribution in [0.2, 0.25) is 5.02 Å². The minimum Gasteiger partial charge on any atom is -0.506 e. The Kier molecular flexibility index (Phi) is 6.62. The molecule has 2 N–H and O–H groups in total. The molecule has 0 aliphatic carbocycles. The van der Waals surface area contributed by atoms with Gasteiger partial charge in [-0.25, -0.2) is 9.18 Å². The van der Waals surface area contributed by atoms with Crippen LogP contribution in [0.3, 0.4) is 0 Å². The van der Waals surface area contributed by atoms with Gasteiger partial charge in [0.2, 0.25) is 0 Å². The maximum Gasteiger partial charge on any atom is 0.492 e. The molecule has 1 fully saturated rings. The quantitative estimate of drug-likeness (QED) is 0.680. The van der Waals surface area contributed by atoms with Gasteiger partial charge in [0, 0.05) is 12.1 Å². The fourth-order valence-corrected chi connectivity index (χ4v) is 2.79. The number of carbonyl (C=O) groups excluding carboxylic acids is 1. The van der Waals surface area contributed by atoms with E-state index in [4.69, 9.17) is 25.6 Å². The van der Waals surface area contributed by atoms with Crippen LogP contribution in [-0.2, 0) is 14.0 Å². The van der Waals surface area contributed by atoms with Crippen molar-refractivity contribution in [2.75, 3.05) is 6.54 Å². The average Bonchev–Trinajstić information content (AvgIpc) is 2.74. The van der Waals surface area contributed by atoms with Crippen LogP contribution in [0.15, 0.2) is 17.6 Å². The molecule has 1 aliphatic rings. The summed E-state index contributed by atoms with van der Waals surface area (Å²) in [5.74, 6) is -0.883. The van der Waals surface area contributed by atoms with Crippen molar-refractivity contribution in [3.05, 3.63) is 34.0 Å². The van der Waals surface area contributed by atoms with Crippen LogP contribution < -0.4 is 5.32 Å². The number of nitrogens with one attached hydrogen (secondary N) is 1. The monoisotopic (exact) mass is 427 g/mol. The van der Waals surface area contributed by atoms with E-state index < -0.39 is 35.8 Å². The highest BCUT2D eigenvalue weighted by atomic mass is 35.5. The first-order chi connectivity index (χ1) is 13.1. The summed E-state index contributed by atoms with van der Waals surface area (Å²) in [6.07, 6.45) is 0.866. The van der Waals surface area contributed by atoms with Gasteiger partial charge in [-0.15, -0.1) is 0 Å². The second-order valence-corrected chi connectivity index (χ2v) is 9.40. The van der Waals surface area contributed by atoms with Crippen molar-refractivity contribution in [3.8, 4) is 5.75 Å². The molecule has 0 atom stereocenters. The number of phenols is 1. The Morgan fingerprint density at radius 3 is 2.34 bits per heavy atom. The molecule has 0 bridgehead atoms. The largest absolute Gasteiger partial charge is 0.506 e. The number of amides is 1. The number of halogens is 2. The van der Waals surface area contributed by atoms with E-state index in [0.29, 0.717) is 5.47 Å². The molecular weight excluding hydrogens is 399 g/mol. The molecule has 1 saturated heterocycles. The predicted molar refractivity (Wildman–Crippen MR) is 111 cm³/mol. The second-order valence-electron chi connectivity index (χ2n) is 8.99. The van der Waals surface area contributed by atoms with E-state index in [-0.39, 0.29) is 22.9 Å². The van der Waals surface area contributed by atoms with Crippen molar-refractivity contribution in [2.24, 2.45) is 0 Å². The van der Waals surface area contributed by atoms with Crippen molar-refractivity contribution >= 4 is 30.9 Å². The molecule has 6 nitrogen and oxygen atoms in total. The molecule has 9 heteroatoms. The number of hydrogen-bond acceptors (Lipinski definition) is 5. The third-order valence-electron chi connectivity index (χ3n) is 4.79. The standard InChI is InChI=1S/C20H28BClFNO5/c1-18(2,3)27-17(26)24-11-13(21-28-19(4,5)20(6,7)29-21)8-12-9-14(23)10-15(22)16(12)25/h8-10,25H,11H2,1-7H3,(H,24,26). The molecule has 1 aromatic carbocycles. The van der Waals surface area contributed by atoms with Crippen molar-refractivity contribution in [2.45, 2.75) is 65.3 Å². The summed E-state index contributed by atoms with van der Waals surface area (Å²) in [5, 5.41) is 12.7. The van der Waals surface area contributed by atoms with Gasteiger partial charge in [0.15, 0.2) is 0 Å². The van der Waals surface area contributed by atoms with Gasteiger partial charge in [-0.2, -0.15) is 0 Å². The molecule has 1 aliphatic heterocycles. The van der Waals surface area contributed by atoms with E-state index in [1.54, 1.807) is 20.8 Å². The van der Waals surface area contributed by atoms with E-state index in [1.165, 1.54) is 6.08 Å². The van der Waals surface area contributed by atoms with Gasteiger partial charge in [0.1, 0.15) is 17.2 Å². The van der Waals surface area contributed by atoms with E-state index in [0.717, 1.165) is 12.1 Å². The molecule has 0 spiro atoms. The molecule has 1 heterocycles. The Morgan fingerprint density at radius 1 is 1.28 bits per heavy atom. The Labute approximate surface area is 176 Å². The zero-order valence-electron chi connectivity index (χ0n) is 17.9. The summed E-state index contributed by atoms with van der Waals surface area (Å²) < 4.78 is 31.1. The minimum absolute atomic E-state index is 0.000682. The van der Waals surface area contributed by atoms with Crippen LogP contribution >= 0.6 is 11.6 Å². The van der Waals surface area contributed by atoms with Crippen LogP contribution in [-0.4, -0.2) is 41.7 Å². The third-order valence-corrected chi connectivity index (χ3v) is 5.08. The lowest BCUT2D eigenvalue weighted by molar-refractivity contribution is 0.00578. The van der Waals surface area contributed by atoms with Gasteiger partial charge in [-0.05, 0) is 66.1 Å². The van der Waals surface area contributed by atoms with Crippen LogP contribution in [0.5, 0.6) is 5.75 Å². The number of benzene rings is 1. The number of aromatic hydroxyl groups is 1. The summed E-state index contributed by atoms with van der Waals surface area (Å²) in [6.45, 7) is 12.8. The fraction of sp³-hybridized carbons (Fsp3) is 0.550. The lowest BCUT2D eigenvalue weighted by atomic mass is 9.77. The topological polar surface area (TPSA) is 77.0 Å². The van der Waals surface area contributed by atoms with Gasteiger partial charge in [-0.3, -0.25) is 0 Å². The summed E-state index contributed by atoms with van der Waals surface area (Å²) in [5.41, 5.74) is -1.29. The van der Waals surface area contributed by atoms with Crippen LogP contribution in [0.1, 0.15) is 54.0 Å². The number of phenolic OH excluding ortho intramolecular Hbond substituents is 1. The molecule has 1 amide bonds. The molecular formula is C20H28BClFNO5. The fourth-order valence-electron chi connectivity index (χ4n) is 2.58. The smallest absolute Gasteiger partial charge is 0.492 e. The molecule has 29 heavy (non-hydrogen) atoms. The Hall–Kier alpha value is -1.77. The lowest BCUT2D eigenvalue weighted by Gasteiger charge is -2.32. The third kappa shape index (κ3) is 5.87. The molecule has 0 unspecified atom stereocenters. The first kappa shape index (κ1) is 23.5. The maximum atomic E-state index is 13.8. The van der Waals surface area contributed by atoms with Gasteiger partial charge in [0.25, 0.3) is 0 Å².